The molecule has 1 heterocycles. The highest BCUT2D eigenvalue weighted by atomic mass is 16.6. The number of fused-ring (bicyclic) bond motifs is 7. The first-order valence-electron chi connectivity index (χ1n) is 9.16. The van der Waals surface area contributed by atoms with E-state index >= 15 is 0 Å². The number of ketones is 1. The number of ether oxygens (including phenoxy) is 1. The Balaban J connectivity index is 1.61. The first-order chi connectivity index (χ1) is 10.3. The second kappa shape index (κ2) is 3.71. The smallest absolute Gasteiger partial charge is 0.162 e. The zero-order valence-corrected chi connectivity index (χ0v) is 14.4. The van der Waals surface area contributed by atoms with Gasteiger partial charge in [-0.1, -0.05) is 26.8 Å². The van der Waals surface area contributed by atoms with Crippen LogP contribution in [-0.2, 0) is 9.53 Å². The molecule has 0 aromatic rings. The van der Waals surface area contributed by atoms with Crippen LogP contribution in [-0.4, -0.2) is 17.5 Å². The molecular formula is C20H28O2. The number of hydrogen-bond donors (Lipinski definition) is 0. The van der Waals surface area contributed by atoms with Crippen LogP contribution in [0.5, 0.6) is 0 Å². The van der Waals surface area contributed by atoms with Gasteiger partial charge in [0.2, 0.25) is 0 Å². The van der Waals surface area contributed by atoms with Crippen molar-refractivity contribution in [3.63, 3.8) is 0 Å². The van der Waals surface area contributed by atoms with Gasteiger partial charge in [0.05, 0.1) is 11.7 Å². The molecule has 22 heavy (non-hydrogen) atoms. The molecule has 0 aromatic heterocycles. The van der Waals surface area contributed by atoms with Gasteiger partial charge in [0.15, 0.2) is 5.78 Å². The van der Waals surface area contributed by atoms with Crippen molar-refractivity contribution in [2.45, 2.75) is 59.2 Å². The fraction of sp³-hybridized carbons (Fsp3) is 0.850. The van der Waals surface area contributed by atoms with Crippen molar-refractivity contribution in [3.05, 3.63) is 11.6 Å². The molecule has 1 saturated heterocycles. The summed E-state index contributed by atoms with van der Waals surface area (Å²) in [5, 5.41) is 0. The van der Waals surface area contributed by atoms with Crippen LogP contribution in [0.1, 0.15) is 47.5 Å². The third-order valence-corrected chi connectivity index (χ3v) is 8.27. The molecule has 120 valence electrons. The highest BCUT2D eigenvalue weighted by Gasteiger charge is 2.74. The molecule has 0 bridgehead atoms. The number of Topliss-reactive ketones (excluding diaryl/α,β-unsaturated/α-hetero) is 1. The van der Waals surface area contributed by atoms with E-state index in [4.69, 9.17) is 4.74 Å². The van der Waals surface area contributed by atoms with Crippen molar-refractivity contribution in [1.82, 2.24) is 0 Å². The molecule has 0 amide bonds. The minimum absolute atomic E-state index is 0.0171. The third-order valence-electron chi connectivity index (χ3n) is 8.27. The molecule has 4 fully saturated rings. The Morgan fingerprint density at radius 3 is 2.68 bits per heavy atom. The lowest BCUT2D eigenvalue weighted by atomic mass is 9.64. The lowest BCUT2D eigenvalue weighted by Crippen LogP contribution is -2.38. The summed E-state index contributed by atoms with van der Waals surface area (Å²) in [6, 6.07) is 0. The first kappa shape index (κ1) is 13.8. The van der Waals surface area contributed by atoms with Crippen molar-refractivity contribution >= 4 is 5.78 Å². The molecule has 3 saturated carbocycles. The standard InChI is InChI=1S/C20H28O2/c1-9-7-13-16(19(13,3)4)15-14(9)11-6-10(2)17(21)12(11)8-20(5)18(15)22-20/h6,9,11-16,18H,7-8H2,1-5H3. The Labute approximate surface area is 133 Å². The zero-order valence-electron chi connectivity index (χ0n) is 14.4. The SMILES string of the molecule is CC1=CC2C(CC3(C)OC3C3C2C(C)CC2C3C2(C)C)C1=O. The lowest BCUT2D eigenvalue weighted by Gasteiger charge is -2.39. The van der Waals surface area contributed by atoms with E-state index in [9.17, 15) is 4.79 Å². The van der Waals surface area contributed by atoms with Crippen molar-refractivity contribution < 1.29 is 9.53 Å². The topological polar surface area (TPSA) is 29.6 Å². The Bertz CT molecular complexity index is 603. The molecule has 2 nitrogen and oxygen atoms in total. The van der Waals surface area contributed by atoms with Crippen LogP contribution in [0.4, 0.5) is 0 Å². The van der Waals surface area contributed by atoms with Gasteiger partial charge in [0.25, 0.3) is 0 Å². The third kappa shape index (κ3) is 1.44. The maximum absolute atomic E-state index is 12.7. The average Bonchev–Trinajstić information content (AvgIpc) is 3.22. The monoisotopic (exact) mass is 300 g/mol. The van der Waals surface area contributed by atoms with Crippen molar-refractivity contribution in [1.29, 1.82) is 0 Å². The summed E-state index contributed by atoms with van der Waals surface area (Å²) < 4.78 is 6.27. The quantitative estimate of drug-likeness (QED) is 0.636. The Kier molecular flexibility index (Phi) is 2.33. The minimum Gasteiger partial charge on any atom is -0.366 e. The van der Waals surface area contributed by atoms with Crippen molar-refractivity contribution in [2.24, 2.45) is 46.8 Å². The second-order valence-corrected chi connectivity index (χ2v) is 9.77. The highest BCUT2D eigenvalue weighted by molar-refractivity contribution is 5.99. The van der Waals surface area contributed by atoms with Crippen LogP contribution < -0.4 is 0 Å². The molecule has 0 spiro atoms. The van der Waals surface area contributed by atoms with Crippen molar-refractivity contribution in [2.75, 3.05) is 0 Å². The van der Waals surface area contributed by atoms with Gasteiger partial charge in [0, 0.05) is 5.92 Å². The van der Waals surface area contributed by atoms with Crippen LogP contribution >= 0.6 is 0 Å². The summed E-state index contributed by atoms with van der Waals surface area (Å²) in [6.07, 6.45) is 5.06. The minimum atomic E-state index is -0.0171. The van der Waals surface area contributed by atoms with Gasteiger partial charge in [-0.15, -0.1) is 0 Å². The van der Waals surface area contributed by atoms with Gasteiger partial charge >= 0.3 is 0 Å². The first-order valence-corrected chi connectivity index (χ1v) is 9.16. The fourth-order valence-electron chi connectivity index (χ4n) is 7.11. The fourth-order valence-corrected chi connectivity index (χ4v) is 7.11. The van der Waals surface area contributed by atoms with E-state index in [1.165, 1.54) is 6.42 Å². The molecular weight excluding hydrogens is 272 g/mol. The molecule has 1 aliphatic heterocycles. The van der Waals surface area contributed by atoms with Crippen LogP contribution in [0.3, 0.4) is 0 Å². The lowest BCUT2D eigenvalue weighted by molar-refractivity contribution is -0.120. The number of epoxide rings is 1. The Morgan fingerprint density at radius 2 is 1.95 bits per heavy atom. The van der Waals surface area contributed by atoms with E-state index < -0.39 is 0 Å². The van der Waals surface area contributed by atoms with E-state index in [0.717, 1.165) is 29.7 Å². The second-order valence-electron chi connectivity index (χ2n) is 9.77. The summed E-state index contributed by atoms with van der Waals surface area (Å²) in [7, 11) is 0. The molecule has 0 N–H and O–H groups in total. The maximum Gasteiger partial charge on any atom is 0.162 e. The number of rotatable bonds is 0. The highest BCUT2D eigenvalue weighted by Crippen LogP contribution is 2.75. The van der Waals surface area contributed by atoms with Gasteiger partial charge in [0.1, 0.15) is 0 Å². The van der Waals surface area contributed by atoms with Crippen LogP contribution in [0.25, 0.3) is 0 Å². The van der Waals surface area contributed by atoms with Gasteiger partial charge in [-0.05, 0) is 73.2 Å². The molecule has 9 atom stereocenters. The van der Waals surface area contributed by atoms with Gasteiger partial charge in [-0.2, -0.15) is 0 Å². The molecule has 0 aromatic carbocycles. The summed E-state index contributed by atoms with van der Waals surface area (Å²) in [4.78, 5) is 12.7. The van der Waals surface area contributed by atoms with E-state index in [1.54, 1.807) is 0 Å². The average molecular weight is 300 g/mol. The van der Waals surface area contributed by atoms with E-state index in [0.29, 0.717) is 35.1 Å². The molecule has 5 aliphatic rings. The summed E-state index contributed by atoms with van der Waals surface area (Å²) >= 11 is 0. The van der Waals surface area contributed by atoms with Crippen molar-refractivity contribution in [3.8, 4) is 0 Å². The van der Waals surface area contributed by atoms with Crippen LogP contribution in [0, 0.1) is 46.8 Å². The number of carbonyl (C=O) groups is 1. The predicted octanol–water partition coefficient (Wildman–Crippen LogP) is 3.85. The zero-order chi connectivity index (χ0) is 15.6. The van der Waals surface area contributed by atoms with Crippen LogP contribution in [0.15, 0.2) is 11.6 Å². The normalized spacial score (nSPS) is 60.4. The van der Waals surface area contributed by atoms with Gasteiger partial charge < -0.3 is 4.74 Å². The largest absolute Gasteiger partial charge is 0.366 e. The maximum atomic E-state index is 12.7. The molecule has 0 radical (unpaired) electrons. The summed E-state index contributed by atoms with van der Waals surface area (Å²) in [5.41, 5.74) is 1.49. The van der Waals surface area contributed by atoms with E-state index in [2.05, 4.69) is 33.8 Å². The summed E-state index contributed by atoms with van der Waals surface area (Å²) in [6.45, 7) is 11.6. The molecule has 2 heteroatoms. The van der Waals surface area contributed by atoms with E-state index in [1.807, 2.05) is 6.92 Å². The predicted molar refractivity (Wildman–Crippen MR) is 85.2 cm³/mol. The van der Waals surface area contributed by atoms with Gasteiger partial charge in [-0.3, -0.25) is 4.79 Å². The number of allylic oxidation sites excluding steroid dienone is 2. The van der Waals surface area contributed by atoms with Gasteiger partial charge in [-0.25, -0.2) is 0 Å². The number of hydrogen-bond acceptors (Lipinski definition) is 2. The number of carbonyl (C=O) groups excluding carboxylic acids is 1. The van der Waals surface area contributed by atoms with Crippen LogP contribution in [0.2, 0.25) is 0 Å². The molecule has 5 rings (SSSR count). The molecule has 9 unspecified atom stereocenters. The summed E-state index contributed by atoms with van der Waals surface area (Å²) in [5.74, 6) is 4.86. The Hall–Kier alpha value is -0.630. The van der Waals surface area contributed by atoms with E-state index in [-0.39, 0.29) is 11.5 Å². The molecule has 4 aliphatic carbocycles. The Morgan fingerprint density at radius 1 is 1.23 bits per heavy atom.